The van der Waals surface area contributed by atoms with Crippen LogP contribution in [-0.2, 0) is 10.2 Å². The van der Waals surface area contributed by atoms with Crippen molar-refractivity contribution in [2.45, 2.75) is 32.4 Å². The fourth-order valence-corrected chi connectivity index (χ4v) is 2.25. The minimum atomic E-state index is -4.25. The molecule has 0 bridgehead atoms. The maximum atomic E-state index is 13.2. The summed E-state index contributed by atoms with van der Waals surface area (Å²) in [5, 5.41) is 0. The molecule has 1 aromatic rings. The summed E-state index contributed by atoms with van der Waals surface area (Å²) < 4.78 is 44.3. The molecule has 4 heteroatoms. The lowest BCUT2D eigenvalue weighted by molar-refractivity contribution is -0.262. The number of rotatable bonds is 1. The van der Waals surface area contributed by atoms with Crippen molar-refractivity contribution in [3.05, 3.63) is 34.4 Å². The monoisotopic (exact) mass is 244 g/mol. The van der Waals surface area contributed by atoms with E-state index in [0.717, 1.165) is 16.7 Å². The van der Waals surface area contributed by atoms with Gasteiger partial charge in [-0.2, -0.15) is 13.2 Å². The highest BCUT2D eigenvalue weighted by molar-refractivity contribution is 5.44. The summed E-state index contributed by atoms with van der Waals surface area (Å²) in [4.78, 5) is 0. The topological polar surface area (TPSA) is 9.23 Å². The molecule has 1 fully saturated rings. The molecule has 0 amide bonds. The van der Waals surface area contributed by atoms with Gasteiger partial charge in [-0.15, -0.1) is 0 Å². The van der Waals surface area contributed by atoms with Gasteiger partial charge in [0, 0.05) is 0 Å². The van der Waals surface area contributed by atoms with E-state index in [1.807, 2.05) is 13.8 Å². The Kier molecular flexibility index (Phi) is 2.73. The minimum Gasteiger partial charge on any atom is -0.379 e. The van der Waals surface area contributed by atoms with Crippen molar-refractivity contribution in [3.63, 3.8) is 0 Å². The molecule has 94 valence electrons. The Bertz CT molecular complexity index is 445. The standard InChI is InChI=1S/C13H15F3O/c1-8-4-5-11(10(3)9(8)2)12(6-17-7-12)13(14,15)16/h4-5H,6-7H2,1-3H3. The number of hydrogen-bond donors (Lipinski definition) is 0. The molecular weight excluding hydrogens is 229 g/mol. The first-order chi connectivity index (χ1) is 7.79. The smallest absolute Gasteiger partial charge is 0.379 e. The largest absolute Gasteiger partial charge is 0.402 e. The molecule has 1 aliphatic rings. The fraction of sp³-hybridized carbons (Fsp3) is 0.538. The second-order valence-electron chi connectivity index (χ2n) is 4.75. The van der Waals surface area contributed by atoms with Crippen molar-refractivity contribution < 1.29 is 17.9 Å². The van der Waals surface area contributed by atoms with Crippen molar-refractivity contribution >= 4 is 0 Å². The number of benzene rings is 1. The zero-order chi connectivity index (χ0) is 12.8. The fourth-order valence-electron chi connectivity index (χ4n) is 2.25. The van der Waals surface area contributed by atoms with Gasteiger partial charge in [-0.05, 0) is 43.0 Å². The maximum absolute atomic E-state index is 13.2. The lowest BCUT2D eigenvalue weighted by atomic mass is 9.74. The summed E-state index contributed by atoms with van der Waals surface area (Å²) >= 11 is 0. The number of halogens is 3. The van der Waals surface area contributed by atoms with Gasteiger partial charge in [-0.25, -0.2) is 0 Å². The van der Waals surface area contributed by atoms with E-state index in [4.69, 9.17) is 4.74 Å². The summed E-state index contributed by atoms with van der Waals surface area (Å²) in [5.41, 5.74) is 1.24. The molecule has 2 rings (SSSR count). The molecule has 17 heavy (non-hydrogen) atoms. The van der Waals surface area contributed by atoms with E-state index in [1.54, 1.807) is 19.1 Å². The lowest BCUT2D eigenvalue weighted by Gasteiger charge is -2.44. The summed E-state index contributed by atoms with van der Waals surface area (Å²) in [5.74, 6) is 0. The zero-order valence-corrected chi connectivity index (χ0v) is 10.1. The summed E-state index contributed by atoms with van der Waals surface area (Å²) in [6.07, 6.45) is -4.25. The van der Waals surface area contributed by atoms with E-state index in [9.17, 15) is 13.2 Å². The van der Waals surface area contributed by atoms with Gasteiger partial charge in [0.15, 0.2) is 0 Å². The Hall–Kier alpha value is -1.03. The van der Waals surface area contributed by atoms with Gasteiger partial charge in [-0.3, -0.25) is 0 Å². The summed E-state index contributed by atoms with van der Waals surface area (Å²) in [6.45, 7) is 4.99. The molecule has 0 radical (unpaired) electrons. The van der Waals surface area contributed by atoms with Crippen LogP contribution in [0.2, 0.25) is 0 Å². The van der Waals surface area contributed by atoms with Crippen LogP contribution in [0, 0.1) is 20.8 Å². The second-order valence-corrected chi connectivity index (χ2v) is 4.75. The van der Waals surface area contributed by atoms with Gasteiger partial charge in [0.1, 0.15) is 5.41 Å². The Morgan fingerprint density at radius 2 is 1.65 bits per heavy atom. The predicted octanol–water partition coefficient (Wildman–Crippen LogP) is 3.44. The number of aryl methyl sites for hydroxylation is 1. The second kappa shape index (κ2) is 3.73. The van der Waals surface area contributed by atoms with Gasteiger partial charge < -0.3 is 4.74 Å². The first kappa shape index (κ1) is 12.4. The third-order valence-corrected chi connectivity index (χ3v) is 3.81. The van der Waals surface area contributed by atoms with Crippen LogP contribution in [0.4, 0.5) is 13.2 Å². The molecule has 0 saturated carbocycles. The van der Waals surface area contributed by atoms with Crippen molar-refractivity contribution in [2.24, 2.45) is 0 Å². The summed E-state index contributed by atoms with van der Waals surface area (Å²) in [7, 11) is 0. The van der Waals surface area contributed by atoms with E-state index in [1.165, 1.54) is 0 Å². The summed E-state index contributed by atoms with van der Waals surface area (Å²) in [6, 6.07) is 3.34. The van der Waals surface area contributed by atoms with Crippen molar-refractivity contribution in [1.29, 1.82) is 0 Å². The third-order valence-electron chi connectivity index (χ3n) is 3.81. The number of ether oxygens (including phenoxy) is 1. The molecule has 1 heterocycles. The average Bonchev–Trinajstić information content (AvgIpc) is 2.14. The lowest BCUT2D eigenvalue weighted by Crippen LogP contribution is -2.57. The van der Waals surface area contributed by atoms with Crippen molar-refractivity contribution in [1.82, 2.24) is 0 Å². The van der Waals surface area contributed by atoms with Crippen LogP contribution in [0.25, 0.3) is 0 Å². The van der Waals surface area contributed by atoms with Crippen LogP contribution in [0.1, 0.15) is 22.3 Å². The molecule has 1 aromatic carbocycles. The van der Waals surface area contributed by atoms with Crippen LogP contribution < -0.4 is 0 Å². The molecule has 0 aliphatic carbocycles. The molecule has 1 aliphatic heterocycles. The highest BCUT2D eigenvalue weighted by Crippen LogP contribution is 2.47. The molecule has 0 unspecified atom stereocenters. The van der Waals surface area contributed by atoms with Gasteiger partial charge in [-0.1, -0.05) is 12.1 Å². The Labute approximate surface area is 98.6 Å². The van der Waals surface area contributed by atoms with E-state index in [-0.39, 0.29) is 13.2 Å². The highest BCUT2D eigenvalue weighted by Gasteiger charge is 2.61. The first-order valence-electron chi connectivity index (χ1n) is 5.51. The normalized spacial score (nSPS) is 18.9. The molecule has 0 N–H and O–H groups in total. The average molecular weight is 244 g/mol. The van der Waals surface area contributed by atoms with Gasteiger partial charge in [0.05, 0.1) is 13.2 Å². The SMILES string of the molecule is Cc1ccc(C2(C(F)(F)F)COC2)c(C)c1C. The predicted molar refractivity (Wildman–Crippen MR) is 59.2 cm³/mol. The number of hydrogen-bond acceptors (Lipinski definition) is 1. The van der Waals surface area contributed by atoms with Crippen LogP contribution in [-0.4, -0.2) is 19.4 Å². The molecule has 0 atom stereocenters. The zero-order valence-electron chi connectivity index (χ0n) is 10.1. The minimum absolute atomic E-state index is 0.264. The number of alkyl halides is 3. The van der Waals surface area contributed by atoms with Gasteiger partial charge >= 0.3 is 6.18 Å². The van der Waals surface area contributed by atoms with Gasteiger partial charge in [0.2, 0.25) is 0 Å². The Morgan fingerprint density at radius 3 is 2.06 bits per heavy atom. The highest BCUT2D eigenvalue weighted by atomic mass is 19.4. The van der Waals surface area contributed by atoms with Crippen molar-refractivity contribution in [3.8, 4) is 0 Å². The van der Waals surface area contributed by atoms with E-state index in [2.05, 4.69) is 0 Å². The quantitative estimate of drug-likeness (QED) is 0.735. The van der Waals surface area contributed by atoms with Crippen LogP contribution in [0.3, 0.4) is 0 Å². The van der Waals surface area contributed by atoms with Crippen LogP contribution in [0.5, 0.6) is 0 Å². The third kappa shape index (κ3) is 1.66. The molecule has 0 aromatic heterocycles. The molecular formula is C13H15F3O. The van der Waals surface area contributed by atoms with Gasteiger partial charge in [0.25, 0.3) is 0 Å². The maximum Gasteiger partial charge on any atom is 0.402 e. The van der Waals surface area contributed by atoms with E-state index >= 15 is 0 Å². The van der Waals surface area contributed by atoms with Crippen LogP contribution in [0.15, 0.2) is 12.1 Å². The van der Waals surface area contributed by atoms with E-state index < -0.39 is 11.6 Å². The van der Waals surface area contributed by atoms with Crippen molar-refractivity contribution in [2.75, 3.05) is 13.2 Å². The first-order valence-corrected chi connectivity index (χ1v) is 5.51. The van der Waals surface area contributed by atoms with E-state index in [0.29, 0.717) is 5.56 Å². The van der Waals surface area contributed by atoms with Crippen LogP contribution >= 0.6 is 0 Å². The Balaban J connectivity index is 2.57. The molecule has 0 spiro atoms. The Morgan fingerprint density at radius 1 is 1.06 bits per heavy atom. The molecule has 1 saturated heterocycles. The molecule has 1 nitrogen and oxygen atoms in total.